The van der Waals surface area contributed by atoms with Crippen LogP contribution in [0.1, 0.15) is 23.1 Å². The first-order chi connectivity index (χ1) is 23.0. The summed E-state index contributed by atoms with van der Waals surface area (Å²) in [5.41, 5.74) is 7.98. The number of aliphatic hydroxyl groups is 1. The Morgan fingerprint density at radius 1 is 0.521 bits per heavy atom. The van der Waals surface area contributed by atoms with Crippen LogP contribution in [0.5, 0.6) is 0 Å². The molecule has 0 aliphatic heterocycles. The number of nitrogens with two attached hydrogens (primary N) is 1. The number of carboxylic acid groups (broad SMARTS) is 2. The Kier molecular flexibility index (Phi) is 14.2. The molecule has 48 heavy (non-hydrogen) atoms. The average molecular weight is 662 g/mol. The molecule has 0 spiro atoms. The quantitative estimate of drug-likeness (QED) is 0.0872. The van der Waals surface area contributed by atoms with Crippen LogP contribution in [0.2, 0.25) is 0 Å². The molecular weight excluding hydrogens is 622 g/mol. The molecular formula is C34H39N5O9. The molecule has 0 radical (unpaired) electrons. The van der Waals surface area contributed by atoms with Gasteiger partial charge in [0.1, 0.15) is 24.2 Å². The Labute approximate surface area is 276 Å². The van der Waals surface area contributed by atoms with Crippen LogP contribution >= 0.6 is 0 Å². The van der Waals surface area contributed by atoms with Gasteiger partial charge in [0.25, 0.3) is 0 Å². The Hall–Kier alpha value is -5.60. The molecule has 0 saturated heterocycles. The minimum absolute atomic E-state index is 0.0631. The van der Waals surface area contributed by atoms with E-state index in [1.807, 2.05) is 0 Å². The van der Waals surface area contributed by atoms with Crippen molar-refractivity contribution in [1.29, 1.82) is 0 Å². The second-order valence-corrected chi connectivity index (χ2v) is 11.0. The lowest BCUT2D eigenvalue weighted by atomic mass is 10.0. The fraction of sp³-hybridized carbons (Fsp3) is 0.294. The smallest absolute Gasteiger partial charge is 0.326 e. The zero-order valence-corrected chi connectivity index (χ0v) is 26.0. The maximum atomic E-state index is 13.5. The van der Waals surface area contributed by atoms with Gasteiger partial charge in [-0.05, 0) is 23.1 Å². The molecule has 0 fully saturated rings. The minimum atomic E-state index is -1.62. The molecule has 0 heterocycles. The highest BCUT2D eigenvalue weighted by molar-refractivity contribution is 5.96. The second kappa shape index (κ2) is 18.5. The fourth-order valence-electron chi connectivity index (χ4n) is 4.74. The standard InChI is InChI=1S/C34H39N5O9/c35-24(16-21-10-4-1-5-11-21)30(43)36-26(19-29(41)42)32(45)37-25(17-22-12-6-2-7-13-22)31(44)39-28(20-40)33(46)38-27(34(47)48)18-23-14-8-3-9-15-23/h1-15,24-28,40H,16-20,35H2,(H,36,43)(H,37,45)(H,38,46)(H,39,44)(H,41,42)(H,47,48)/t24-,25-,26-,27-,28-/m0/s1. The highest BCUT2D eigenvalue weighted by Crippen LogP contribution is 2.08. The molecule has 14 heteroatoms. The van der Waals surface area contributed by atoms with E-state index in [9.17, 15) is 44.1 Å². The van der Waals surface area contributed by atoms with E-state index in [-0.39, 0.29) is 19.3 Å². The van der Waals surface area contributed by atoms with Gasteiger partial charge in [-0.2, -0.15) is 0 Å². The van der Waals surface area contributed by atoms with Crippen LogP contribution in [-0.4, -0.2) is 87.7 Å². The van der Waals surface area contributed by atoms with Gasteiger partial charge in [-0.1, -0.05) is 91.0 Å². The zero-order chi connectivity index (χ0) is 35.1. The SMILES string of the molecule is N[C@@H](Cc1ccccc1)C(=O)N[C@@H](CC(=O)O)C(=O)N[C@@H](Cc1ccccc1)C(=O)N[C@@H](CO)C(=O)N[C@@H](Cc1ccccc1)C(=O)O. The number of rotatable bonds is 18. The van der Waals surface area contributed by atoms with Crippen LogP contribution in [0.15, 0.2) is 91.0 Å². The van der Waals surface area contributed by atoms with Gasteiger partial charge in [0.05, 0.1) is 19.1 Å². The Morgan fingerprint density at radius 2 is 0.896 bits per heavy atom. The number of hydrogen-bond donors (Lipinski definition) is 8. The van der Waals surface area contributed by atoms with Crippen molar-refractivity contribution in [2.75, 3.05) is 6.61 Å². The summed E-state index contributed by atoms with van der Waals surface area (Å²) in [6.45, 7) is -0.905. The predicted molar refractivity (Wildman–Crippen MR) is 173 cm³/mol. The van der Waals surface area contributed by atoms with E-state index in [1.165, 1.54) is 0 Å². The number of carboxylic acids is 2. The lowest BCUT2D eigenvalue weighted by Crippen LogP contribution is -2.60. The highest BCUT2D eigenvalue weighted by Gasteiger charge is 2.32. The molecule has 3 aromatic carbocycles. The normalized spacial score (nSPS) is 13.9. The van der Waals surface area contributed by atoms with Crippen molar-refractivity contribution >= 4 is 35.6 Å². The molecule has 0 aliphatic carbocycles. The second-order valence-electron chi connectivity index (χ2n) is 11.0. The molecule has 9 N–H and O–H groups in total. The lowest BCUT2D eigenvalue weighted by molar-refractivity contribution is -0.142. The first-order valence-corrected chi connectivity index (χ1v) is 15.1. The van der Waals surface area contributed by atoms with Gasteiger partial charge in [-0.25, -0.2) is 4.79 Å². The number of aliphatic carboxylic acids is 2. The molecule has 254 valence electrons. The van der Waals surface area contributed by atoms with Crippen LogP contribution in [0.4, 0.5) is 0 Å². The van der Waals surface area contributed by atoms with E-state index >= 15 is 0 Å². The highest BCUT2D eigenvalue weighted by atomic mass is 16.4. The summed E-state index contributed by atoms with van der Waals surface area (Å²) >= 11 is 0. The molecule has 14 nitrogen and oxygen atoms in total. The van der Waals surface area contributed by atoms with E-state index in [1.54, 1.807) is 91.0 Å². The van der Waals surface area contributed by atoms with Crippen molar-refractivity contribution < 1.29 is 44.1 Å². The summed E-state index contributed by atoms with van der Waals surface area (Å²) in [4.78, 5) is 76.2. The lowest BCUT2D eigenvalue weighted by Gasteiger charge is -2.25. The van der Waals surface area contributed by atoms with E-state index in [0.29, 0.717) is 11.1 Å². The van der Waals surface area contributed by atoms with Crippen molar-refractivity contribution in [3.63, 3.8) is 0 Å². The number of carbonyl (C=O) groups is 6. The first kappa shape index (κ1) is 36.9. The third-order valence-electron chi connectivity index (χ3n) is 7.28. The van der Waals surface area contributed by atoms with Crippen molar-refractivity contribution in [3.05, 3.63) is 108 Å². The molecule has 4 amide bonds. The largest absolute Gasteiger partial charge is 0.481 e. The van der Waals surface area contributed by atoms with E-state index in [0.717, 1.165) is 5.56 Å². The summed E-state index contributed by atoms with van der Waals surface area (Å²) in [7, 11) is 0. The number of carbonyl (C=O) groups excluding carboxylic acids is 4. The Bertz CT molecular complexity index is 1540. The van der Waals surface area contributed by atoms with Crippen LogP contribution in [0.3, 0.4) is 0 Å². The molecule has 0 saturated carbocycles. The summed E-state index contributed by atoms with van der Waals surface area (Å²) < 4.78 is 0. The van der Waals surface area contributed by atoms with Gasteiger partial charge >= 0.3 is 11.9 Å². The third kappa shape index (κ3) is 12.0. The van der Waals surface area contributed by atoms with Crippen LogP contribution in [0, 0.1) is 0 Å². The molecule has 0 unspecified atom stereocenters. The summed E-state index contributed by atoms with van der Waals surface area (Å²) in [6, 6.07) is 18.7. The average Bonchev–Trinajstić information content (AvgIpc) is 3.07. The van der Waals surface area contributed by atoms with Crippen LogP contribution in [0.25, 0.3) is 0 Å². The van der Waals surface area contributed by atoms with Gasteiger partial charge in [0.15, 0.2) is 0 Å². The van der Waals surface area contributed by atoms with Crippen molar-refractivity contribution in [2.24, 2.45) is 5.73 Å². The van der Waals surface area contributed by atoms with E-state index in [4.69, 9.17) is 5.73 Å². The van der Waals surface area contributed by atoms with Gasteiger partial charge in [-0.3, -0.25) is 24.0 Å². The van der Waals surface area contributed by atoms with Crippen molar-refractivity contribution in [3.8, 4) is 0 Å². The molecule has 3 aromatic rings. The molecule has 0 aromatic heterocycles. The maximum Gasteiger partial charge on any atom is 0.326 e. The summed E-state index contributed by atoms with van der Waals surface area (Å²) in [5.74, 6) is -6.45. The number of nitrogens with one attached hydrogen (secondary N) is 4. The van der Waals surface area contributed by atoms with Gasteiger partial charge in [-0.15, -0.1) is 0 Å². The predicted octanol–water partition coefficient (Wildman–Crippen LogP) is -0.467. The van der Waals surface area contributed by atoms with Gasteiger partial charge in [0.2, 0.25) is 23.6 Å². The summed E-state index contributed by atoms with van der Waals surface area (Å²) in [6.07, 6.45) is -0.891. The Morgan fingerprint density at radius 3 is 1.35 bits per heavy atom. The number of amides is 4. The van der Waals surface area contributed by atoms with Crippen LogP contribution in [-0.2, 0) is 48.0 Å². The minimum Gasteiger partial charge on any atom is -0.481 e. The number of hydrogen-bond acceptors (Lipinski definition) is 8. The van der Waals surface area contributed by atoms with Crippen molar-refractivity contribution in [2.45, 2.75) is 55.9 Å². The first-order valence-electron chi connectivity index (χ1n) is 15.1. The Balaban J connectivity index is 1.75. The molecule has 3 rings (SSSR count). The topological polar surface area (TPSA) is 237 Å². The summed E-state index contributed by atoms with van der Waals surface area (Å²) in [5, 5.41) is 38.5. The van der Waals surface area contributed by atoms with Crippen LogP contribution < -0.4 is 27.0 Å². The number of aliphatic hydroxyl groups excluding tert-OH is 1. The number of benzene rings is 3. The van der Waals surface area contributed by atoms with Gasteiger partial charge in [0, 0.05) is 12.8 Å². The molecule has 0 aliphatic rings. The van der Waals surface area contributed by atoms with E-state index in [2.05, 4.69) is 21.3 Å². The van der Waals surface area contributed by atoms with Crippen molar-refractivity contribution in [1.82, 2.24) is 21.3 Å². The fourth-order valence-corrected chi connectivity index (χ4v) is 4.74. The molecule has 0 bridgehead atoms. The monoisotopic (exact) mass is 661 g/mol. The van der Waals surface area contributed by atoms with Gasteiger partial charge < -0.3 is 42.3 Å². The zero-order valence-electron chi connectivity index (χ0n) is 26.0. The van der Waals surface area contributed by atoms with E-state index < -0.39 is 78.8 Å². The maximum absolute atomic E-state index is 13.5. The molecule has 5 atom stereocenters. The third-order valence-corrected chi connectivity index (χ3v) is 7.28.